The first-order valence-electron chi connectivity index (χ1n) is 2.28. The van der Waals surface area contributed by atoms with Gasteiger partial charge >= 0.3 is 92.9 Å². The van der Waals surface area contributed by atoms with E-state index in [0.717, 1.165) is 0 Å². The van der Waals surface area contributed by atoms with Crippen molar-refractivity contribution >= 4 is 92.9 Å². The number of carboxylic acids is 2. The fourth-order valence-electron chi connectivity index (χ4n) is 0.270. The van der Waals surface area contributed by atoms with E-state index in [1.54, 1.807) is 0 Å². The second kappa shape index (κ2) is 26.4. The van der Waals surface area contributed by atoms with Gasteiger partial charge in [-0.15, -0.1) is 0 Å². The number of aliphatic hydroxyl groups excluding tert-OH is 2. The van der Waals surface area contributed by atoms with E-state index in [9.17, 15) is 9.59 Å². The van der Waals surface area contributed by atoms with Crippen molar-refractivity contribution in [3.8, 4) is 0 Å². The molecule has 0 saturated carbocycles. The summed E-state index contributed by atoms with van der Waals surface area (Å²) in [6.07, 6.45) is -4.53. The molecule has 13 heteroatoms. The number of aliphatic carboxylic acids is 2. The Labute approximate surface area is 171 Å². The van der Waals surface area contributed by atoms with Gasteiger partial charge in [-0.2, -0.15) is 0 Å². The standard InChI is InChI=1S/C4H6O6.Cu.K.Na.4H2O.2H/c5-1(3(7)8)2(6)4(9)10;;;;;;;;;/h1-2,5-6H,(H,7,8)(H,9,10);;;;4*1H2;;. The second-order valence-corrected chi connectivity index (χ2v) is 1.57. The third-order valence-electron chi connectivity index (χ3n) is 0.805. The summed E-state index contributed by atoms with van der Waals surface area (Å²) in [6, 6.07) is 0. The molecule has 12 N–H and O–H groups in total. The summed E-state index contributed by atoms with van der Waals surface area (Å²) >= 11 is 0. The minimum absolute atomic E-state index is 0. The van der Waals surface area contributed by atoms with Gasteiger partial charge in [-0.25, -0.2) is 9.59 Å². The molecule has 0 aromatic rings. The van der Waals surface area contributed by atoms with E-state index in [0.29, 0.717) is 0 Å². The van der Waals surface area contributed by atoms with Crippen LogP contribution >= 0.6 is 0 Å². The van der Waals surface area contributed by atoms with Gasteiger partial charge in [0.15, 0.2) is 12.2 Å². The van der Waals surface area contributed by atoms with Crippen LogP contribution in [-0.4, -0.2) is 147 Å². The van der Waals surface area contributed by atoms with Crippen molar-refractivity contribution < 1.29 is 69.0 Å². The summed E-state index contributed by atoms with van der Waals surface area (Å²) in [4.78, 5) is 19.5. The van der Waals surface area contributed by atoms with E-state index in [4.69, 9.17) is 20.4 Å². The summed E-state index contributed by atoms with van der Waals surface area (Å²) < 4.78 is 0. The number of carboxylic acid groups (broad SMARTS) is 2. The van der Waals surface area contributed by atoms with Crippen molar-refractivity contribution in [2.24, 2.45) is 0 Å². The normalized spacial score (nSPS) is 9.29. The van der Waals surface area contributed by atoms with E-state index in [-0.39, 0.29) is 120 Å². The first kappa shape index (κ1) is 51.0. The summed E-state index contributed by atoms with van der Waals surface area (Å²) in [5, 5.41) is 32.5. The minimum atomic E-state index is -2.27. The second-order valence-electron chi connectivity index (χ2n) is 1.57. The third-order valence-corrected chi connectivity index (χ3v) is 0.805. The number of hydrogen-bond donors (Lipinski definition) is 4. The van der Waals surface area contributed by atoms with Crippen LogP contribution in [-0.2, 0) is 26.7 Å². The Bertz CT molecular complexity index is 152. The molecule has 0 heterocycles. The Balaban J connectivity index is -0.0000000193. The fraction of sp³-hybridized carbons (Fsp3) is 0.500. The molecule has 0 rings (SSSR count). The van der Waals surface area contributed by atoms with Gasteiger partial charge < -0.3 is 42.3 Å². The quantitative estimate of drug-likeness (QED) is 0.360. The Hall–Kier alpha value is 1.86. The molecule has 105 valence electrons. The van der Waals surface area contributed by atoms with Crippen molar-refractivity contribution in [1.29, 1.82) is 0 Å². The first-order valence-corrected chi connectivity index (χ1v) is 2.28. The Morgan fingerprint density at radius 2 is 0.882 bits per heavy atom. The molecule has 17 heavy (non-hydrogen) atoms. The van der Waals surface area contributed by atoms with Crippen molar-refractivity contribution in [2.45, 2.75) is 12.2 Å². The van der Waals surface area contributed by atoms with E-state index in [1.807, 2.05) is 0 Å². The Kier molecular flexibility index (Phi) is 79.3. The van der Waals surface area contributed by atoms with Crippen LogP contribution in [0, 0.1) is 0 Å². The van der Waals surface area contributed by atoms with Gasteiger partial charge in [-0.05, 0) is 0 Å². The predicted octanol–water partition coefficient (Wildman–Crippen LogP) is -6.72. The van der Waals surface area contributed by atoms with Gasteiger partial charge in [0.1, 0.15) is 0 Å². The van der Waals surface area contributed by atoms with Crippen LogP contribution in [0.5, 0.6) is 0 Å². The van der Waals surface area contributed by atoms with Crippen molar-refractivity contribution in [2.75, 3.05) is 0 Å². The molecule has 0 spiro atoms. The molecule has 0 amide bonds. The molecule has 0 aliphatic heterocycles. The zero-order chi connectivity index (χ0) is 8.31. The number of hydrogen-bond acceptors (Lipinski definition) is 4. The van der Waals surface area contributed by atoms with Gasteiger partial charge in [-0.3, -0.25) is 0 Å². The maximum atomic E-state index is 9.77. The average molecular weight is 350 g/mol. The van der Waals surface area contributed by atoms with Crippen LogP contribution in [0.1, 0.15) is 0 Å². The number of rotatable bonds is 3. The molecule has 1 radical (unpaired) electrons. The molecule has 0 saturated heterocycles. The maximum absolute atomic E-state index is 9.77. The molecule has 0 bridgehead atoms. The first-order chi connectivity index (χ1) is 4.46. The fourth-order valence-corrected chi connectivity index (χ4v) is 0.270. The van der Waals surface area contributed by atoms with Crippen LogP contribution in [0.3, 0.4) is 0 Å². The van der Waals surface area contributed by atoms with E-state index >= 15 is 0 Å². The molecule has 2 unspecified atom stereocenters. The predicted molar refractivity (Wildman–Crippen MR) is 56.0 cm³/mol. The summed E-state index contributed by atoms with van der Waals surface area (Å²) in [5.74, 6) is -3.54. The molecule has 10 nitrogen and oxygen atoms in total. The molecule has 0 fully saturated rings. The number of carbonyl (C=O) groups is 2. The van der Waals surface area contributed by atoms with Crippen molar-refractivity contribution in [3.05, 3.63) is 0 Å². The Morgan fingerprint density at radius 1 is 0.765 bits per heavy atom. The third kappa shape index (κ3) is 23.4. The molecular weight excluding hydrogens is 334 g/mol. The van der Waals surface area contributed by atoms with Gasteiger partial charge in [0.05, 0.1) is 0 Å². The topological polar surface area (TPSA) is 241 Å². The van der Waals surface area contributed by atoms with Crippen molar-refractivity contribution in [3.63, 3.8) is 0 Å². The van der Waals surface area contributed by atoms with E-state index < -0.39 is 24.1 Å². The molecule has 0 aromatic carbocycles. The molecule has 0 aromatic heterocycles. The molecule has 0 aliphatic rings. The van der Waals surface area contributed by atoms with Crippen LogP contribution in [0.4, 0.5) is 0 Å². The van der Waals surface area contributed by atoms with Crippen LogP contribution in [0.25, 0.3) is 0 Å². The summed E-state index contributed by atoms with van der Waals surface area (Å²) in [7, 11) is 0. The Morgan fingerprint density at radius 3 is 0.941 bits per heavy atom. The van der Waals surface area contributed by atoms with E-state index in [2.05, 4.69) is 0 Å². The van der Waals surface area contributed by atoms with Crippen LogP contribution < -0.4 is 0 Å². The summed E-state index contributed by atoms with van der Waals surface area (Å²) in [5.41, 5.74) is 0. The molecule has 0 aliphatic carbocycles. The number of aliphatic hydroxyl groups is 2. The van der Waals surface area contributed by atoms with Crippen molar-refractivity contribution in [1.82, 2.24) is 0 Å². The zero-order valence-corrected chi connectivity index (χ0v) is 8.00. The SMILES string of the molecule is O.O.O.O.O=C(O)C(O)C(O)C(=O)O.[Cu].[KH].[NaH]. The van der Waals surface area contributed by atoms with Gasteiger partial charge in [0.25, 0.3) is 0 Å². The zero-order valence-electron chi connectivity index (χ0n) is 7.06. The van der Waals surface area contributed by atoms with Crippen LogP contribution in [0.15, 0.2) is 0 Å². The van der Waals surface area contributed by atoms with Gasteiger partial charge in [0.2, 0.25) is 0 Å². The monoisotopic (exact) mass is 349 g/mol. The van der Waals surface area contributed by atoms with E-state index in [1.165, 1.54) is 0 Å². The summed E-state index contributed by atoms with van der Waals surface area (Å²) in [6.45, 7) is 0. The molecular formula is C4H16CuKNaO10. The average Bonchev–Trinajstić information content (AvgIpc) is 1.84. The van der Waals surface area contributed by atoms with Gasteiger partial charge in [0, 0.05) is 17.1 Å². The van der Waals surface area contributed by atoms with Gasteiger partial charge in [-0.1, -0.05) is 0 Å². The molecule has 2 atom stereocenters. The van der Waals surface area contributed by atoms with Crippen LogP contribution in [0.2, 0.25) is 0 Å².